The molecule has 0 aliphatic carbocycles. The molecule has 1 aliphatic heterocycles. The quantitative estimate of drug-likeness (QED) is 0.914. The SMILES string of the molecule is COc1cccc([C@@H]2CCCN2C(=O)CCc2csc(N)n2)c1. The van der Waals surface area contributed by atoms with E-state index in [9.17, 15) is 4.79 Å². The van der Waals surface area contributed by atoms with Crippen LogP contribution in [0.1, 0.15) is 36.6 Å². The lowest BCUT2D eigenvalue weighted by molar-refractivity contribution is -0.132. The van der Waals surface area contributed by atoms with E-state index in [1.165, 1.54) is 11.3 Å². The van der Waals surface area contributed by atoms with Crippen molar-refractivity contribution in [1.29, 1.82) is 0 Å². The van der Waals surface area contributed by atoms with Crippen LogP contribution in [0.25, 0.3) is 0 Å². The van der Waals surface area contributed by atoms with E-state index in [-0.39, 0.29) is 11.9 Å². The van der Waals surface area contributed by atoms with Gasteiger partial charge in [-0.3, -0.25) is 4.79 Å². The minimum absolute atomic E-state index is 0.151. The summed E-state index contributed by atoms with van der Waals surface area (Å²) in [5, 5.41) is 2.48. The third kappa shape index (κ3) is 3.64. The maximum atomic E-state index is 12.6. The van der Waals surface area contributed by atoms with Crippen molar-refractivity contribution in [3.8, 4) is 5.75 Å². The average molecular weight is 331 g/mol. The molecule has 1 aromatic carbocycles. The first-order valence-corrected chi connectivity index (χ1v) is 8.68. The fourth-order valence-electron chi connectivity index (χ4n) is 3.08. The second kappa shape index (κ2) is 7.00. The number of hydrogen-bond donors (Lipinski definition) is 1. The number of aromatic nitrogens is 1. The molecule has 5 nitrogen and oxygen atoms in total. The molecule has 1 aromatic heterocycles. The smallest absolute Gasteiger partial charge is 0.223 e. The van der Waals surface area contributed by atoms with Gasteiger partial charge in [-0.1, -0.05) is 12.1 Å². The molecule has 1 atom stereocenters. The number of carbonyl (C=O) groups is 1. The molecule has 0 bridgehead atoms. The monoisotopic (exact) mass is 331 g/mol. The van der Waals surface area contributed by atoms with Crippen molar-refractivity contribution in [1.82, 2.24) is 9.88 Å². The maximum absolute atomic E-state index is 12.6. The molecule has 1 saturated heterocycles. The first-order chi connectivity index (χ1) is 11.2. The number of nitrogens with two attached hydrogens (primary N) is 1. The molecule has 2 aromatic rings. The molecule has 0 saturated carbocycles. The predicted octanol–water partition coefficient (Wildman–Crippen LogP) is 3.03. The number of rotatable bonds is 5. The summed E-state index contributed by atoms with van der Waals surface area (Å²) in [5.41, 5.74) is 7.68. The Morgan fingerprint density at radius 2 is 2.39 bits per heavy atom. The molecule has 23 heavy (non-hydrogen) atoms. The summed E-state index contributed by atoms with van der Waals surface area (Å²) in [6.45, 7) is 0.819. The van der Waals surface area contributed by atoms with Crippen LogP contribution in [0.4, 0.5) is 5.13 Å². The van der Waals surface area contributed by atoms with Gasteiger partial charge in [-0.2, -0.15) is 0 Å². The second-order valence-corrected chi connectivity index (χ2v) is 6.59. The highest BCUT2D eigenvalue weighted by molar-refractivity contribution is 7.13. The Labute approximate surface area is 140 Å². The third-order valence-electron chi connectivity index (χ3n) is 4.22. The van der Waals surface area contributed by atoms with Gasteiger partial charge in [0.1, 0.15) is 5.75 Å². The number of anilines is 1. The second-order valence-electron chi connectivity index (χ2n) is 5.70. The molecule has 122 valence electrons. The number of aryl methyl sites for hydroxylation is 1. The largest absolute Gasteiger partial charge is 0.497 e. The zero-order valence-electron chi connectivity index (χ0n) is 13.2. The van der Waals surface area contributed by atoms with Crippen molar-refractivity contribution < 1.29 is 9.53 Å². The fourth-order valence-corrected chi connectivity index (χ4v) is 3.67. The Kier molecular flexibility index (Phi) is 4.81. The highest BCUT2D eigenvalue weighted by Gasteiger charge is 2.29. The molecule has 2 heterocycles. The fraction of sp³-hybridized carbons (Fsp3) is 0.412. The highest BCUT2D eigenvalue weighted by atomic mass is 32.1. The van der Waals surface area contributed by atoms with Crippen molar-refractivity contribution in [2.45, 2.75) is 31.7 Å². The van der Waals surface area contributed by atoms with Gasteiger partial charge in [0.05, 0.1) is 18.8 Å². The van der Waals surface area contributed by atoms with Crippen molar-refractivity contribution in [3.63, 3.8) is 0 Å². The number of likely N-dealkylation sites (tertiary alicyclic amines) is 1. The zero-order chi connectivity index (χ0) is 16.2. The van der Waals surface area contributed by atoms with Crippen LogP contribution in [0.15, 0.2) is 29.6 Å². The predicted molar refractivity (Wildman–Crippen MR) is 91.5 cm³/mol. The third-order valence-corrected chi connectivity index (χ3v) is 4.94. The summed E-state index contributed by atoms with van der Waals surface area (Å²) in [4.78, 5) is 18.8. The minimum Gasteiger partial charge on any atom is -0.497 e. The topological polar surface area (TPSA) is 68.5 Å². The number of carbonyl (C=O) groups excluding carboxylic acids is 1. The lowest BCUT2D eigenvalue weighted by Gasteiger charge is -2.25. The molecule has 1 fully saturated rings. The molecule has 3 rings (SSSR count). The molecule has 0 spiro atoms. The Hall–Kier alpha value is -2.08. The van der Waals surface area contributed by atoms with Crippen LogP contribution in [0.3, 0.4) is 0 Å². The number of hydrogen-bond acceptors (Lipinski definition) is 5. The van der Waals surface area contributed by atoms with Crippen LogP contribution in [0.2, 0.25) is 0 Å². The summed E-state index contributed by atoms with van der Waals surface area (Å²) in [5.74, 6) is 1.02. The van der Waals surface area contributed by atoms with Crippen molar-refractivity contribution in [2.75, 3.05) is 19.4 Å². The molecule has 1 aliphatic rings. The van der Waals surface area contributed by atoms with Gasteiger partial charge in [-0.05, 0) is 37.0 Å². The minimum atomic E-state index is 0.151. The van der Waals surface area contributed by atoms with Gasteiger partial charge in [-0.25, -0.2) is 4.98 Å². The van der Waals surface area contributed by atoms with Gasteiger partial charge in [0.2, 0.25) is 5.91 Å². The Morgan fingerprint density at radius 3 is 3.13 bits per heavy atom. The van der Waals surface area contributed by atoms with E-state index in [2.05, 4.69) is 11.1 Å². The average Bonchev–Trinajstić information content (AvgIpc) is 3.21. The van der Waals surface area contributed by atoms with E-state index in [1.54, 1.807) is 7.11 Å². The summed E-state index contributed by atoms with van der Waals surface area (Å²) in [6, 6.07) is 8.15. The number of amides is 1. The molecule has 0 unspecified atom stereocenters. The van der Waals surface area contributed by atoms with Gasteiger partial charge < -0.3 is 15.4 Å². The van der Waals surface area contributed by atoms with Gasteiger partial charge in [0, 0.05) is 18.3 Å². The van der Waals surface area contributed by atoms with Crippen molar-refractivity contribution in [2.24, 2.45) is 0 Å². The number of thiazole rings is 1. The lowest BCUT2D eigenvalue weighted by atomic mass is 10.0. The van der Waals surface area contributed by atoms with E-state index in [1.807, 2.05) is 28.5 Å². The van der Waals surface area contributed by atoms with Gasteiger partial charge in [-0.15, -0.1) is 11.3 Å². The van der Waals surface area contributed by atoms with E-state index >= 15 is 0 Å². The van der Waals surface area contributed by atoms with Crippen LogP contribution >= 0.6 is 11.3 Å². The van der Waals surface area contributed by atoms with Crippen LogP contribution in [-0.4, -0.2) is 29.4 Å². The Balaban J connectivity index is 1.66. The highest BCUT2D eigenvalue weighted by Crippen LogP contribution is 2.34. The Morgan fingerprint density at radius 1 is 1.52 bits per heavy atom. The summed E-state index contributed by atoms with van der Waals surface area (Å²) in [6.07, 6.45) is 3.16. The molecule has 2 N–H and O–H groups in total. The zero-order valence-corrected chi connectivity index (χ0v) is 14.0. The molecular formula is C17H21N3O2S. The van der Waals surface area contributed by atoms with E-state index in [4.69, 9.17) is 10.5 Å². The summed E-state index contributed by atoms with van der Waals surface area (Å²) < 4.78 is 5.30. The van der Waals surface area contributed by atoms with Crippen molar-refractivity contribution >= 4 is 22.4 Å². The summed E-state index contributed by atoms with van der Waals surface area (Å²) in [7, 11) is 1.66. The van der Waals surface area contributed by atoms with Crippen molar-refractivity contribution in [3.05, 3.63) is 40.9 Å². The first-order valence-electron chi connectivity index (χ1n) is 7.80. The summed E-state index contributed by atoms with van der Waals surface area (Å²) >= 11 is 1.42. The van der Waals surface area contributed by atoms with Crippen LogP contribution in [0, 0.1) is 0 Å². The van der Waals surface area contributed by atoms with E-state index in [0.29, 0.717) is 18.0 Å². The molecular weight excluding hydrogens is 310 g/mol. The molecule has 6 heteroatoms. The van der Waals surface area contributed by atoms with Crippen LogP contribution in [0.5, 0.6) is 5.75 Å². The van der Waals surface area contributed by atoms with Gasteiger partial charge in [0.25, 0.3) is 0 Å². The number of benzene rings is 1. The van der Waals surface area contributed by atoms with Gasteiger partial charge >= 0.3 is 0 Å². The van der Waals surface area contributed by atoms with Gasteiger partial charge in [0.15, 0.2) is 5.13 Å². The van der Waals surface area contributed by atoms with E-state index in [0.717, 1.165) is 36.4 Å². The van der Waals surface area contributed by atoms with Crippen LogP contribution in [-0.2, 0) is 11.2 Å². The first kappa shape index (κ1) is 15.8. The number of nitrogens with zero attached hydrogens (tertiary/aromatic N) is 2. The van der Waals surface area contributed by atoms with Crippen LogP contribution < -0.4 is 10.5 Å². The van der Waals surface area contributed by atoms with E-state index < -0.39 is 0 Å². The lowest BCUT2D eigenvalue weighted by Crippen LogP contribution is -2.30. The number of nitrogen functional groups attached to an aromatic ring is 1. The Bertz CT molecular complexity index is 686. The standard InChI is InChI=1S/C17H21N3O2S/c1-22-14-5-2-4-12(10-14)15-6-3-9-20(15)16(21)8-7-13-11-23-17(18)19-13/h2,4-5,10-11,15H,3,6-9H2,1H3,(H2,18,19)/t15-/m0/s1. The number of ether oxygens (including phenoxy) is 1. The number of methoxy groups -OCH3 is 1. The maximum Gasteiger partial charge on any atom is 0.223 e. The normalized spacial score (nSPS) is 17.4. The molecule has 0 radical (unpaired) electrons. The molecule has 1 amide bonds.